The third kappa shape index (κ3) is 4.36. The Labute approximate surface area is 188 Å². The summed E-state index contributed by atoms with van der Waals surface area (Å²) in [5, 5.41) is 30.0. The van der Waals surface area contributed by atoms with Crippen LogP contribution < -0.4 is 0 Å². The molecule has 0 fully saturated rings. The van der Waals surface area contributed by atoms with Crippen molar-refractivity contribution >= 4 is 38.9 Å². The summed E-state index contributed by atoms with van der Waals surface area (Å²) in [6, 6.07) is 13.5. The predicted molar refractivity (Wildman–Crippen MR) is 123 cm³/mol. The number of benzene rings is 1. The van der Waals surface area contributed by atoms with Crippen molar-refractivity contribution < 1.29 is 9.52 Å². The molecule has 0 aliphatic heterocycles. The average Bonchev–Trinajstić information content (AvgIpc) is 3.48. The van der Waals surface area contributed by atoms with Gasteiger partial charge in [0.1, 0.15) is 22.4 Å². The highest BCUT2D eigenvalue weighted by Gasteiger charge is 2.24. The molecule has 7 nitrogen and oxygen atoms in total. The van der Waals surface area contributed by atoms with E-state index < -0.39 is 5.25 Å². The van der Waals surface area contributed by atoms with Crippen molar-refractivity contribution in [2.45, 2.75) is 37.7 Å². The van der Waals surface area contributed by atoms with Crippen LogP contribution in [0.25, 0.3) is 27.4 Å². The van der Waals surface area contributed by atoms with Gasteiger partial charge in [0.25, 0.3) is 0 Å². The van der Waals surface area contributed by atoms with Gasteiger partial charge in [-0.3, -0.25) is 4.57 Å². The molecule has 0 saturated heterocycles. The summed E-state index contributed by atoms with van der Waals surface area (Å²) < 4.78 is 8.47. The summed E-state index contributed by atoms with van der Waals surface area (Å²) in [4.78, 5) is 4.51. The number of hydrogen-bond acceptors (Lipinski definition) is 8. The molecule has 1 N–H and O–H groups in total. The van der Waals surface area contributed by atoms with E-state index in [4.69, 9.17) is 4.42 Å². The molecule has 9 heteroatoms. The normalized spacial score (nSPS) is 13.4. The quantitative estimate of drug-likeness (QED) is 0.216. The zero-order valence-corrected chi connectivity index (χ0v) is 18.9. The highest BCUT2D eigenvalue weighted by atomic mass is 32.2. The monoisotopic (exact) mass is 451 g/mol. The van der Waals surface area contributed by atoms with Crippen molar-refractivity contribution in [1.82, 2.24) is 19.7 Å². The van der Waals surface area contributed by atoms with E-state index in [0.29, 0.717) is 34.2 Å². The fraction of sp³-hybridized carbons (Fsp3) is 0.273. The Morgan fingerprint density at radius 2 is 2.03 bits per heavy atom. The van der Waals surface area contributed by atoms with Crippen molar-refractivity contribution in [3.63, 3.8) is 0 Å². The Morgan fingerprint density at radius 1 is 1.23 bits per heavy atom. The standard InChI is InChI=1S/C22H21N5O2S2/c1-13(2)12-27-20(17-8-6-10-29-17)25-26-22(27)30-14(3)19(28)15(11-23)21-24-16-7-4-5-9-18(16)31-21/h4-10,13-14,28H,12H2,1-3H3/b19-15-. The van der Waals surface area contributed by atoms with Gasteiger partial charge in [0.05, 0.1) is 21.7 Å². The molecule has 4 rings (SSSR count). The van der Waals surface area contributed by atoms with Crippen molar-refractivity contribution in [2.24, 2.45) is 5.92 Å². The SMILES string of the molecule is CC(C)Cn1c(SC(C)/C(O)=C(\C#N)c2nc3ccccc3s2)nnc1-c1ccco1. The number of nitriles is 1. The summed E-state index contributed by atoms with van der Waals surface area (Å²) in [5.41, 5.74) is 0.991. The molecule has 1 atom stereocenters. The topological polar surface area (TPSA) is 101 Å². The molecule has 1 unspecified atom stereocenters. The zero-order chi connectivity index (χ0) is 22.0. The van der Waals surface area contributed by atoms with Crippen LogP contribution in [-0.2, 0) is 6.54 Å². The maximum atomic E-state index is 10.9. The van der Waals surface area contributed by atoms with Gasteiger partial charge in [-0.05, 0) is 37.1 Å². The summed E-state index contributed by atoms with van der Waals surface area (Å²) >= 11 is 2.74. The van der Waals surface area contributed by atoms with Crippen molar-refractivity contribution in [1.29, 1.82) is 5.26 Å². The maximum Gasteiger partial charge on any atom is 0.200 e. The first-order valence-electron chi connectivity index (χ1n) is 9.80. The Bertz CT molecular complexity index is 1230. The average molecular weight is 452 g/mol. The van der Waals surface area contributed by atoms with Crippen molar-refractivity contribution in [2.75, 3.05) is 0 Å². The number of furan rings is 1. The first-order valence-corrected chi connectivity index (χ1v) is 11.5. The van der Waals surface area contributed by atoms with Crippen LogP contribution in [0.4, 0.5) is 0 Å². The van der Waals surface area contributed by atoms with Gasteiger partial charge in [-0.15, -0.1) is 21.5 Å². The van der Waals surface area contributed by atoms with E-state index >= 15 is 0 Å². The molecule has 0 bridgehead atoms. The van der Waals surface area contributed by atoms with Crippen LogP contribution in [0.1, 0.15) is 25.8 Å². The molecule has 0 aliphatic carbocycles. The van der Waals surface area contributed by atoms with Gasteiger partial charge in [-0.1, -0.05) is 37.7 Å². The molecule has 4 aromatic rings. The molecular formula is C22H21N5O2S2. The van der Waals surface area contributed by atoms with Crippen LogP contribution in [0, 0.1) is 17.2 Å². The first kappa shape index (κ1) is 21.2. The lowest BCUT2D eigenvalue weighted by Crippen LogP contribution is -2.10. The van der Waals surface area contributed by atoms with Gasteiger partial charge in [0.2, 0.25) is 0 Å². The molecule has 0 saturated carbocycles. The number of hydrogen-bond donors (Lipinski definition) is 1. The molecule has 3 aromatic heterocycles. The van der Waals surface area contributed by atoms with Gasteiger partial charge in [-0.25, -0.2) is 4.98 Å². The Hall–Kier alpha value is -3.09. The number of allylic oxidation sites excluding steroid dienone is 1. The highest BCUT2D eigenvalue weighted by Crippen LogP contribution is 2.34. The Morgan fingerprint density at radius 3 is 2.71 bits per heavy atom. The van der Waals surface area contributed by atoms with Crippen molar-refractivity contribution in [3.05, 3.63) is 53.4 Å². The number of nitrogens with zero attached hydrogens (tertiary/aromatic N) is 5. The van der Waals surface area contributed by atoms with Crippen molar-refractivity contribution in [3.8, 4) is 17.7 Å². The van der Waals surface area contributed by atoms with Crippen LogP contribution in [-0.4, -0.2) is 30.1 Å². The molecule has 158 valence electrons. The lowest BCUT2D eigenvalue weighted by molar-refractivity contribution is 0.401. The number of aliphatic hydroxyl groups excluding tert-OH is 1. The Kier molecular flexibility index (Phi) is 6.11. The largest absolute Gasteiger partial charge is 0.510 e. The van der Waals surface area contributed by atoms with E-state index in [1.54, 1.807) is 6.26 Å². The highest BCUT2D eigenvalue weighted by molar-refractivity contribution is 7.99. The second-order valence-electron chi connectivity index (χ2n) is 7.41. The summed E-state index contributed by atoms with van der Waals surface area (Å²) in [7, 11) is 0. The molecule has 0 radical (unpaired) electrons. The summed E-state index contributed by atoms with van der Waals surface area (Å²) in [6.07, 6.45) is 1.60. The third-order valence-electron chi connectivity index (χ3n) is 4.55. The second-order valence-corrected chi connectivity index (χ2v) is 9.75. The van der Waals surface area contributed by atoms with E-state index in [1.807, 2.05) is 47.9 Å². The van der Waals surface area contributed by atoms with Crippen LogP contribution in [0.2, 0.25) is 0 Å². The number of aliphatic hydroxyl groups is 1. The lowest BCUT2D eigenvalue weighted by atomic mass is 10.2. The van der Waals surface area contributed by atoms with E-state index in [0.717, 1.165) is 10.2 Å². The molecular weight excluding hydrogens is 430 g/mol. The van der Waals surface area contributed by atoms with Crippen LogP contribution >= 0.6 is 23.1 Å². The van der Waals surface area contributed by atoms with Crippen LogP contribution in [0.15, 0.2) is 58.0 Å². The fourth-order valence-corrected chi connectivity index (χ4v) is 5.00. The minimum Gasteiger partial charge on any atom is -0.510 e. The molecule has 1 aromatic carbocycles. The number of fused-ring (bicyclic) bond motifs is 1. The molecule has 31 heavy (non-hydrogen) atoms. The molecule has 3 heterocycles. The third-order valence-corrected chi connectivity index (χ3v) is 6.69. The molecule has 0 amide bonds. The number of thioether (sulfide) groups is 1. The summed E-state index contributed by atoms with van der Waals surface area (Å²) in [5.74, 6) is 1.62. The first-order chi connectivity index (χ1) is 15.0. The Balaban J connectivity index is 1.66. The lowest BCUT2D eigenvalue weighted by Gasteiger charge is -2.14. The van der Waals surface area contributed by atoms with Gasteiger partial charge in [0, 0.05) is 6.54 Å². The van der Waals surface area contributed by atoms with Crippen LogP contribution in [0.5, 0.6) is 0 Å². The number of aromatic nitrogens is 4. The van der Waals surface area contributed by atoms with E-state index in [1.165, 1.54) is 23.1 Å². The van der Waals surface area contributed by atoms with Gasteiger partial charge >= 0.3 is 0 Å². The predicted octanol–water partition coefficient (Wildman–Crippen LogP) is 5.78. The number of thiazole rings is 1. The van der Waals surface area contributed by atoms with Gasteiger partial charge in [0.15, 0.2) is 16.7 Å². The maximum absolute atomic E-state index is 10.9. The smallest absolute Gasteiger partial charge is 0.200 e. The molecule has 0 spiro atoms. The second kappa shape index (κ2) is 8.96. The minimum absolute atomic E-state index is 0.0230. The van der Waals surface area contributed by atoms with E-state index in [2.05, 4.69) is 35.1 Å². The zero-order valence-electron chi connectivity index (χ0n) is 17.3. The van der Waals surface area contributed by atoms with E-state index in [9.17, 15) is 10.4 Å². The minimum atomic E-state index is -0.416. The molecule has 0 aliphatic rings. The fourth-order valence-electron chi connectivity index (χ4n) is 3.10. The van der Waals surface area contributed by atoms with Crippen LogP contribution in [0.3, 0.4) is 0 Å². The van der Waals surface area contributed by atoms with Gasteiger partial charge < -0.3 is 9.52 Å². The number of para-hydroxylation sites is 1. The number of rotatable bonds is 7. The van der Waals surface area contributed by atoms with Gasteiger partial charge in [-0.2, -0.15) is 5.26 Å². The summed E-state index contributed by atoms with van der Waals surface area (Å²) in [6.45, 7) is 6.77. The van der Waals surface area contributed by atoms with E-state index in [-0.39, 0.29) is 11.3 Å².